The summed E-state index contributed by atoms with van der Waals surface area (Å²) in [6.07, 6.45) is 5.59. The van der Waals surface area contributed by atoms with Crippen LogP contribution in [0, 0.1) is 5.92 Å². The first-order valence-electron chi connectivity index (χ1n) is 6.20. The summed E-state index contributed by atoms with van der Waals surface area (Å²) >= 11 is 0. The number of Topliss-reactive ketones (excluding diaryl/α,β-unsaturated/α-hetero) is 1. The second kappa shape index (κ2) is 9.52. The van der Waals surface area contributed by atoms with Crippen LogP contribution in [0.3, 0.4) is 0 Å². The number of hydrogen-bond donors (Lipinski definition) is 0. The fourth-order valence-corrected chi connectivity index (χ4v) is 1.83. The lowest BCUT2D eigenvalue weighted by atomic mass is 9.96. The Morgan fingerprint density at radius 3 is 2.50 bits per heavy atom. The van der Waals surface area contributed by atoms with Crippen molar-refractivity contribution in [2.45, 2.75) is 45.4 Å². The summed E-state index contributed by atoms with van der Waals surface area (Å²) in [6.45, 7) is 3.12. The molecule has 0 rings (SSSR count). The van der Waals surface area contributed by atoms with E-state index in [2.05, 4.69) is 11.8 Å². The van der Waals surface area contributed by atoms with Crippen molar-refractivity contribution in [1.29, 1.82) is 0 Å². The van der Waals surface area contributed by atoms with Crippen molar-refractivity contribution in [3.8, 4) is 0 Å². The Hall–Kier alpha value is -0.700. The SMILES string of the molecule is CCC(CC(=O)CCCCC=O)CN(C)C. The van der Waals surface area contributed by atoms with Gasteiger partial charge in [-0.1, -0.05) is 13.3 Å². The maximum absolute atomic E-state index is 11.7. The van der Waals surface area contributed by atoms with Crippen LogP contribution < -0.4 is 0 Å². The fraction of sp³-hybridized carbons (Fsp3) is 0.846. The van der Waals surface area contributed by atoms with Gasteiger partial charge in [-0.05, 0) is 32.9 Å². The average molecular weight is 227 g/mol. The van der Waals surface area contributed by atoms with Crippen LogP contribution in [0.25, 0.3) is 0 Å². The highest BCUT2D eigenvalue weighted by Gasteiger charge is 2.12. The van der Waals surface area contributed by atoms with Gasteiger partial charge in [-0.25, -0.2) is 0 Å². The molecule has 0 bridgehead atoms. The van der Waals surface area contributed by atoms with Gasteiger partial charge in [0.05, 0.1) is 0 Å². The molecular formula is C13H25NO2. The predicted molar refractivity (Wildman–Crippen MR) is 66.5 cm³/mol. The molecule has 0 aromatic heterocycles. The maximum atomic E-state index is 11.7. The molecule has 0 aromatic rings. The lowest BCUT2D eigenvalue weighted by molar-refractivity contribution is -0.120. The van der Waals surface area contributed by atoms with Gasteiger partial charge in [0.15, 0.2) is 0 Å². The van der Waals surface area contributed by atoms with E-state index in [4.69, 9.17) is 0 Å². The van der Waals surface area contributed by atoms with E-state index in [9.17, 15) is 9.59 Å². The van der Waals surface area contributed by atoms with E-state index in [0.29, 0.717) is 31.0 Å². The molecule has 0 heterocycles. The van der Waals surface area contributed by atoms with E-state index >= 15 is 0 Å². The van der Waals surface area contributed by atoms with E-state index in [0.717, 1.165) is 32.1 Å². The van der Waals surface area contributed by atoms with Gasteiger partial charge in [-0.3, -0.25) is 4.79 Å². The van der Waals surface area contributed by atoms with E-state index in [1.54, 1.807) is 0 Å². The van der Waals surface area contributed by atoms with Gasteiger partial charge in [0, 0.05) is 25.8 Å². The highest BCUT2D eigenvalue weighted by atomic mass is 16.1. The van der Waals surface area contributed by atoms with Crippen LogP contribution in [0.2, 0.25) is 0 Å². The van der Waals surface area contributed by atoms with E-state index in [1.807, 2.05) is 14.1 Å². The van der Waals surface area contributed by atoms with Gasteiger partial charge in [0.1, 0.15) is 12.1 Å². The number of hydrogen-bond acceptors (Lipinski definition) is 3. The van der Waals surface area contributed by atoms with Crippen molar-refractivity contribution >= 4 is 12.1 Å². The fourth-order valence-electron chi connectivity index (χ4n) is 1.83. The maximum Gasteiger partial charge on any atom is 0.133 e. The molecule has 0 N–H and O–H groups in total. The summed E-state index contributed by atoms with van der Waals surface area (Å²) in [4.78, 5) is 23.9. The second-order valence-corrected chi connectivity index (χ2v) is 4.69. The molecule has 0 fully saturated rings. The molecule has 0 saturated heterocycles. The average Bonchev–Trinajstić information content (AvgIpc) is 2.23. The number of carbonyl (C=O) groups excluding carboxylic acids is 2. The third-order valence-corrected chi connectivity index (χ3v) is 2.74. The van der Waals surface area contributed by atoms with Crippen LogP contribution in [0.5, 0.6) is 0 Å². The van der Waals surface area contributed by atoms with Gasteiger partial charge >= 0.3 is 0 Å². The molecule has 0 radical (unpaired) electrons. The van der Waals surface area contributed by atoms with Crippen molar-refractivity contribution in [3.05, 3.63) is 0 Å². The van der Waals surface area contributed by atoms with Crippen molar-refractivity contribution in [2.75, 3.05) is 20.6 Å². The number of rotatable bonds is 10. The van der Waals surface area contributed by atoms with Crippen LogP contribution in [0.1, 0.15) is 45.4 Å². The lowest BCUT2D eigenvalue weighted by Gasteiger charge is -2.18. The lowest BCUT2D eigenvalue weighted by Crippen LogP contribution is -2.23. The third-order valence-electron chi connectivity index (χ3n) is 2.74. The van der Waals surface area contributed by atoms with Crippen molar-refractivity contribution in [1.82, 2.24) is 4.90 Å². The molecule has 16 heavy (non-hydrogen) atoms. The van der Waals surface area contributed by atoms with Gasteiger partial charge < -0.3 is 9.69 Å². The third kappa shape index (κ3) is 8.60. The van der Waals surface area contributed by atoms with Crippen LogP contribution in [0.4, 0.5) is 0 Å². The highest BCUT2D eigenvalue weighted by Crippen LogP contribution is 2.12. The van der Waals surface area contributed by atoms with Crippen molar-refractivity contribution < 1.29 is 9.59 Å². The van der Waals surface area contributed by atoms with E-state index in [1.165, 1.54) is 0 Å². The molecule has 3 nitrogen and oxygen atoms in total. The van der Waals surface area contributed by atoms with Crippen LogP contribution in [-0.2, 0) is 9.59 Å². The number of nitrogens with zero attached hydrogens (tertiary/aromatic N) is 1. The largest absolute Gasteiger partial charge is 0.309 e. The van der Waals surface area contributed by atoms with Gasteiger partial charge in [-0.15, -0.1) is 0 Å². The molecule has 1 atom stereocenters. The first-order valence-corrected chi connectivity index (χ1v) is 6.20. The molecule has 0 saturated carbocycles. The Bertz CT molecular complexity index is 202. The Labute approximate surface area is 99.2 Å². The highest BCUT2D eigenvalue weighted by molar-refractivity contribution is 5.78. The minimum atomic E-state index is 0.347. The van der Waals surface area contributed by atoms with Crippen LogP contribution in [-0.4, -0.2) is 37.6 Å². The van der Waals surface area contributed by atoms with Gasteiger partial charge in [0.25, 0.3) is 0 Å². The molecule has 0 aliphatic rings. The first kappa shape index (κ1) is 15.3. The molecule has 1 unspecified atom stereocenters. The molecule has 0 aromatic carbocycles. The number of ketones is 1. The summed E-state index contributed by atoms with van der Waals surface area (Å²) in [5.41, 5.74) is 0. The smallest absolute Gasteiger partial charge is 0.133 e. The molecule has 0 spiro atoms. The minimum Gasteiger partial charge on any atom is -0.309 e. The zero-order valence-corrected chi connectivity index (χ0v) is 10.9. The summed E-state index contributed by atoms with van der Waals surface area (Å²) in [5, 5.41) is 0. The summed E-state index contributed by atoms with van der Waals surface area (Å²) in [6, 6.07) is 0. The van der Waals surface area contributed by atoms with Crippen LogP contribution >= 0.6 is 0 Å². The molecular weight excluding hydrogens is 202 g/mol. The summed E-state index contributed by atoms with van der Waals surface area (Å²) < 4.78 is 0. The molecule has 0 amide bonds. The predicted octanol–water partition coefficient (Wildman–Crippen LogP) is 2.29. The standard InChI is InChI=1S/C13H25NO2/c1-4-12(11-14(2)3)10-13(16)8-6-5-7-9-15/h9,12H,4-8,10-11H2,1-3H3. The topological polar surface area (TPSA) is 37.4 Å². The Morgan fingerprint density at radius 2 is 2.00 bits per heavy atom. The quantitative estimate of drug-likeness (QED) is 0.424. The zero-order valence-electron chi connectivity index (χ0n) is 10.9. The van der Waals surface area contributed by atoms with E-state index in [-0.39, 0.29) is 0 Å². The normalized spacial score (nSPS) is 12.8. The Morgan fingerprint density at radius 1 is 1.31 bits per heavy atom. The molecule has 0 aliphatic carbocycles. The number of carbonyl (C=O) groups is 2. The van der Waals surface area contributed by atoms with Gasteiger partial charge in [-0.2, -0.15) is 0 Å². The Balaban J connectivity index is 3.69. The molecule has 94 valence electrons. The van der Waals surface area contributed by atoms with Crippen molar-refractivity contribution in [2.24, 2.45) is 5.92 Å². The molecule has 3 heteroatoms. The van der Waals surface area contributed by atoms with Crippen molar-refractivity contribution in [3.63, 3.8) is 0 Å². The first-order chi connectivity index (χ1) is 7.60. The van der Waals surface area contributed by atoms with Gasteiger partial charge in [0.2, 0.25) is 0 Å². The summed E-state index contributed by atoms with van der Waals surface area (Å²) in [5.74, 6) is 0.827. The Kier molecular flexibility index (Phi) is 9.10. The summed E-state index contributed by atoms with van der Waals surface area (Å²) in [7, 11) is 4.08. The molecule has 0 aliphatic heterocycles. The minimum absolute atomic E-state index is 0.347. The monoisotopic (exact) mass is 227 g/mol. The van der Waals surface area contributed by atoms with Crippen LogP contribution in [0.15, 0.2) is 0 Å². The second-order valence-electron chi connectivity index (χ2n) is 4.69. The number of unbranched alkanes of at least 4 members (excludes halogenated alkanes) is 2. The number of aldehydes is 1. The van der Waals surface area contributed by atoms with E-state index < -0.39 is 0 Å². The zero-order chi connectivity index (χ0) is 12.4.